The first-order valence-corrected chi connectivity index (χ1v) is 8.26. The first kappa shape index (κ1) is 14.7. The number of nitrogens with one attached hydrogen (secondary N) is 1. The molecule has 2 fully saturated rings. The maximum atomic E-state index is 5.50. The Labute approximate surface area is 136 Å². The van der Waals surface area contributed by atoms with Crippen molar-refractivity contribution in [2.75, 3.05) is 26.7 Å². The number of hydrogen-bond donors (Lipinski definition) is 1. The van der Waals surface area contributed by atoms with Gasteiger partial charge < -0.3 is 10.1 Å². The zero-order valence-corrected chi connectivity index (χ0v) is 13.5. The molecule has 1 N–H and O–H groups in total. The molecule has 2 saturated heterocycles. The Morgan fingerprint density at radius 2 is 2.26 bits per heavy atom. The Hall–Kier alpha value is -1.92. The van der Waals surface area contributed by atoms with Crippen molar-refractivity contribution < 1.29 is 4.74 Å². The van der Waals surface area contributed by atoms with Gasteiger partial charge in [-0.3, -0.25) is 4.90 Å². The monoisotopic (exact) mass is 313 g/mol. The molecule has 6 nitrogen and oxygen atoms in total. The number of benzene rings is 1. The zero-order chi connectivity index (χ0) is 15.6. The molecule has 0 spiro atoms. The van der Waals surface area contributed by atoms with E-state index in [0.717, 1.165) is 30.3 Å². The second-order valence-corrected chi connectivity index (χ2v) is 6.48. The smallest absolute Gasteiger partial charge is 0.137 e. The number of methoxy groups -OCH3 is 1. The van der Waals surface area contributed by atoms with E-state index in [-0.39, 0.29) is 0 Å². The predicted octanol–water partition coefficient (Wildman–Crippen LogP) is 1.13. The molecule has 0 bridgehead atoms. The fourth-order valence-corrected chi connectivity index (χ4v) is 3.91. The van der Waals surface area contributed by atoms with Gasteiger partial charge in [0.25, 0.3) is 0 Å². The van der Waals surface area contributed by atoms with E-state index in [1.54, 1.807) is 19.8 Å². The van der Waals surface area contributed by atoms with E-state index in [1.807, 2.05) is 4.68 Å². The molecule has 0 unspecified atom stereocenters. The fraction of sp³-hybridized carbons (Fsp3) is 0.529. The van der Waals surface area contributed by atoms with E-state index < -0.39 is 0 Å². The first-order valence-electron chi connectivity index (χ1n) is 8.26. The van der Waals surface area contributed by atoms with Crippen molar-refractivity contribution in [3.05, 3.63) is 42.0 Å². The minimum atomic E-state index is 0.685. The van der Waals surface area contributed by atoms with Crippen LogP contribution in [0.25, 0.3) is 0 Å². The van der Waals surface area contributed by atoms with Crippen LogP contribution in [0.3, 0.4) is 0 Å². The summed E-state index contributed by atoms with van der Waals surface area (Å²) in [6.45, 7) is 5.22. The molecular formula is C17H23N5O. The van der Waals surface area contributed by atoms with Gasteiger partial charge in [0.2, 0.25) is 0 Å². The second kappa shape index (κ2) is 6.29. The molecule has 0 radical (unpaired) electrons. The maximum absolute atomic E-state index is 5.50. The molecule has 0 amide bonds. The number of rotatable bonds is 5. The van der Waals surface area contributed by atoms with Crippen molar-refractivity contribution >= 4 is 0 Å². The van der Waals surface area contributed by atoms with Gasteiger partial charge in [-0.2, -0.15) is 5.10 Å². The van der Waals surface area contributed by atoms with Crippen molar-refractivity contribution in [2.24, 2.45) is 5.92 Å². The number of hydrogen-bond acceptors (Lipinski definition) is 5. The van der Waals surface area contributed by atoms with Crippen molar-refractivity contribution in [1.29, 1.82) is 0 Å². The van der Waals surface area contributed by atoms with Crippen LogP contribution < -0.4 is 10.1 Å². The molecule has 2 atom stereocenters. The molecular weight excluding hydrogens is 290 g/mol. The highest BCUT2D eigenvalue weighted by atomic mass is 16.5. The molecule has 0 saturated carbocycles. The summed E-state index contributed by atoms with van der Waals surface area (Å²) in [7, 11) is 1.72. The van der Waals surface area contributed by atoms with Crippen LogP contribution in [0, 0.1) is 5.92 Å². The summed E-state index contributed by atoms with van der Waals surface area (Å²) in [5.74, 6) is 1.74. The standard InChI is InChI=1S/C17H23N5O/c1-23-17-3-2-13(6-15(17)10-22-12-19-11-20-22)9-21-5-4-14-7-18-8-16(14)21/h2-3,6,11-12,14,16,18H,4-5,7-10H2,1H3/t14-,16+/m1/s1. The third-order valence-electron chi connectivity index (χ3n) is 5.09. The van der Waals surface area contributed by atoms with Gasteiger partial charge in [0.1, 0.15) is 18.4 Å². The second-order valence-electron chi connectivity index (χ2n) is 6.48. The molecule has 1 aromatic heterocycles. The molecule has 4 rings (SSSR count). The molecule has 3 heterocycles. The van der Waals surface area contributed by atoms with E-state index in [9.17, 15) is 0 Å². The summed E-state index contributed by atoms with van der Waals surface area (Å²) < 4.78 is 7.33. The predicted molar refractivity (Wildman–Crippen MR) is 87.3 cm³/mol. The Kier molecular flexibility index (Phi) is 4.01. The summed E-state index contributed by atoms with van der Waals surface area (Å²) in [6.07, 6.45) is 4.62. The van der Waals surface area contributed by atoms with Crippen molar-refractivity contribution in [2.45, 2.75) is 25.6 Å². The molecule has 1 aromatic carbocycles. The SMILES string of the molecule is COc1ccc(CN2CC[C@@H]3CNC[C@@H]32)cc1Cn1cncn1. The number of aromatic nitrogens is 3. The van der Waals surface area contributed by atoms with Crippen LogP contribution in [0.4, 0.5) is 0 Å². The average Bonchev–Trinajstić information content (AvgIpc) is 3.27. The van der Waals surface area contributed by atoms with Gasteiger partial charge in [0.05, 0.1) is 13.7 Å². The normalized spacial score (nSPS) is 24.0. The Morgan fingerprint density at radius 1 is 1.30 bits per heavy atom. The molecule has 0 aliphatic carbocycles. The molecule has 6 heteroatoms. The largest absolute Gasteiger partial charge is 0.496 e. The lowest BCUT2D eigenvalue weighted by Gasteiger charge is -2.23. The zero-order valence-electron chi connectivity index (χ0n) is 13.5. The molecule has 2 aliphatic rings. The van der Waals surface area contributed by atoms with E-state index in [1.165, 1.54) is 25.1 Å². The number of likely N-dealkylation sites (tertiary alicyclic amines) is 1. The quantitative estimate of drug-likeness (QED) is 0.897. The van der Waals surface area contributed by atoms with Gasteiger partial charge in [-0.05, 0) is 43.1 Å². The van der Waals surface area contributed by atoms with Crippen LogP contribution in [0.1, 0.15) is 17.5 Å². The van der Waals surface area contributed by atoms with Gasteiger partial charge in [0.15, 0.2) is 0 Å². The highest BCUT2D eigenvalue weighted by Gasteiger charge is 2.37. The highest BCUT2D eigenvalue weighted by molar-refractivity contribution is 5.37. The minimum Gasteiger partial charge on any atom is -0.496 e. The van der Waals surface area contributed by atoms with Crippen molar-refractivity contribution in [3.63, 3.8) is 0 Å². The number of nitrogens with zero attached hydrogens (tertiary/aromatic N) is 4. The van der Waals surface area contributed by atoms with Crippen LogP contribution in [-0.2, 0) is 13.1 Å². The van der Waals surface area contributed by atoms with E-state index in [2.05, 4.69) is 38.5 Å². The highest BCUT2D eigenvalue weighted by Crippen LogP contribution is 2.29. The van der Waals surface area contributed by atoms with Gasteiger partial charge >= 0.3 is 0 Å². The van der Waals surface area contributed by atoms with Gasteiger partial charge in [0, 0.05) is 24.7 Å². The van der Waals surface area contributed by atoms with E-state index >= 15 is 0 Å². The third-order valence-corrected chi connectivity index (χ3v) is 5.09. The summed E-state index contributed by atoms with van der Waals surface area (Å²) in [5, 5.41) is 7.71. The fourth-order valence-electron chi connectivity index (χ4n) is 3.91. The van der Waals surface area contributed by atoms with Crippen LogP contribution in [-0.4, -0.2) is 52.5 Å². The Balaban J connectivity index is 1.52. The molecule has 2 aliphatic heterocycles. The molecule has 23 heavy (non-hydrogen) atoms. The van der Waals surface area contributed by atoms with Gasteiger partial charge in [-0.25, -0.2) is 9.67 Å². The average molecular weight is 313 g/mol. The lowest BCUT2D eigenvalue weighted by Crippen LogP contribution is -2.33. The van der Waals surface area contributed by atoms with Gasteiger partial charge in [-0.1, -0.05) is 6.07 Å². The minimum absolute atomic E-state index is 0.685. The summed E-state index contributed by atoms with van der Waals surface area (Å²) >= 11 is 0. The Morgan fingerprint density at radius 3 is 3.09 bits per heavy atom. The molecule has 2 aromatic rings. The first-order chi connectivity index (χ1) is 11.3. The molecule has 122 valence electrons. The van der Waals surface area contributed by atoms with Crippen molar-refractivity contribution in [3.8, 4) is 5.75 Å². The third kappa shape index (κ3) is 2.96. The lowest BCUT2D eigenvalue weighted by molar-refractivity contribution is 0.244. The van der Waals surface area contributed by atoms with Crippen LogP contribution in [0.2, 0.25) is 0 Å². The van der Waals surface area contributed by atoms with Crippen molar-refractivity contribution in [1.82, 2.24) is 25.0 Å². The van der Waals surface area contributed by atoms with Crippen LogP contribution in [0.5, 0.6) is 5.75 Å². The van der Waals surface area contributed by atoms with E-state index in [0.29, 0.717) is 12.6 Å². The topological polar surface area (TPSA) is 55.2 Å². The van der Waals surface area contributed by atoms with Crippen LogP contribution >= 0.6 is 0 Å². The van der Waals surface area contributed by atoms with Gasteiger partial charge in [-0.15, -0.1) is 0 Å². The Bertz CT molecular complexity index is 657. The summed E-state index contributed by atoms with van der Waals surface area (Å²) in [6, 6.07) is 7.20. The maximum Gasteiger partial charge on any atom is 0.137 e. The number of ether oxygens (including phenoxy) is 1. The summed E-state index contributed by atoms with van der Waals surface area (Å²) in [4.78, 5) is 6.63. The number of fused-ring (bicyclic) bond motifs is 1. The summed E-state index contributed by atoms with van der Waals surface area (Å²) in [5.41, 5.74) is 2.49. The van der Waals surface area contributed by atoms with Crippen LogP contribution in [0.15, 0.2) is 30.9 Å². The lowest BCUT2D eigenvalue weighted by atomic mass is 10.0. The van der Waals surface area contributed by atoms with E-state index in [4.69, 9.17) is 4.74 Å².